The Morgan fingerprint density at radius 3 is 2.47 bits per heavy atom. The summed E-state index contributed by atoms with van der Waals surface area (Å²) in [4.78, 5) is 0. The van der Waals surface area contributed by atoms with Crippen LogP contribution < -0.4 is 10.5 Å². The number of benzene rings is 2. The number of fused-ring (bicyclic) bond motifs is 1. The molecule has 0 aliphatic carbocycles. The van der Waals surface area contributed by atoms with E-state index < -0.39 is 0 Å². The molecule has 1 heterocycles. The highest BCUT2D eigenvalue weighted by molar-refractivity contribution is 5.85. The van der Waals surface area contributed by atoms with Gasteiger partial charge in [-0.25, -0.2) is 0 Å². The molecule has 0 saturated heterocycles. The molecule has 0 bridgehead atoms. The van der Waals surface area contributed by atoms with Crippen molar-refractivity contribution >= 4 is 12.4 Å². The van der Waals surface area contributed by atoms with Crippen molar-refractivity contribution in [1.82, 2.24) is 0 Å². The summed E-state index contributed by atoms with van der Waals surface area (Å²) < 4.78 is 5.63. The fourth-order valence-electron chi connectivity index (χ4n) is 2.37. The van der Waals surface area contributed by atoms with E-state index in [4.69, 9.17) is 10.5 Å². The normalized spacial score (nSPS) is 13.1. The molecule has 0 atom stereocenters. The van der Waals surface area contributed by atoms with Crippen molar-refractivity contribution in [3.05, 3.63) is 53.6 Å². The van der Waals surface area contributed by atoms with E-state index in [1.807, 2.05) is 0 Å². The van der Waals surface area contributed by atoms with Crippen molar-refractivity contribution in [2.75, 3.05) is 6.61 Å². The Morgan fingerprint density at radius 1 is 1.00 bits per heavy atom. The third-order valence-electron chi connectivity index (χ3n) is 3.43. The molecule has 2 N–H and O–H groups in total. The lowest BCUT2D eigenvalue weighted by Crippen LogP contribution is -2.08. The molecule has 0 fully saturated rings. The first-order valence-corrected chi connectivity index (χ1v) is 6.42. The Morgan fingerprint density at radius 2 is 1.74 bits per heavy atom. The number of rotatable bonds is 2. The zero-order valence-electron chi connectivity index (χ0n) is 10.8. The van der Waals surface area contributed by atoms with Crippen LogP contribution in [-0.2, 0) is 13.0 Å². The minimum Gasteiger partial charge on any atom is -0.493 e. The average Bonchev–Trinajstić information content (AvgIpc) is 2.47. The van der Waals surface area contributed by atoms with Crippen LogP contribution in [0.1, 0.15) is 17.5 Å². The van der Waals surface area contributed by atoms with Crippen LogP contribution in [0.2, 0.25) is 0 Å². The van der Waals surface area contributed by atoms with Crippen LogP contribution in [0.3, 0.4) is 0 Å². The van der Waals surface area contributed by atoms with E-state index in [0.29, 0.717) is 6.54 Å². The number of hydrogen-bond acceptors (Lipinski definition) is 2. The van der Waals surface area contributed by atoms with Crippen LogP contribution in [-0.4, -0.2) is 6.61 Å². The number of halogens is 1. The molecule has 0 unspecified atom stereocenters. The van der Waals surface area contributed by atoms with Crippen molar-refractivity contribution in [2.45, 2.75) is 19.4 Å². The zero-order chi connectivity index (χ0) is 12.4. The predicted molar refractivity (Wildman–Crippen MR) is 80.8 cm³/mol. The zero-order valence-corrected chi connectivity index (χ0v) is 11.6. The van der Waals surface area contributed by atoms with Gasteiger partial charge in [0.15, 0.2) is 0 Å². The van der Waals surface area contributed by atoms with Crippen LogP contribution >= 0.6 is 12.4 Å². The van der Waals surface area contributed by atoms with Crippen LogP contribution in [0.15, 0.2) is 42.5 Å². The monoisotopic (exact) mass is 275 g/mol. The molecule has 0 spiro atoms. The first-order valence-electron chi connectivity index (χ1n) is 6.42. The van der Waals surface area contributed by atoms with Gasteiger partial charge in [-0.2, -0.15) is 0 Å². The topological polar surface area (TPSA) is 35.2 Å². The molecule has 19 heavy (non-hydrogen) atoms. The van der Waals surface area contributed by atoms with Crippen LogP contribution in [0.25, 0.3) is 11.1 Å². The van der Waals surface area contributed by atoms with Gasteiger partial charge in [0.25, 0.3) is 0 Å². The fraction of sp³-hybridized carbons (Fsp3) is 0.250. The van der Waals surface area contributed by atoms with E-state index in [1.165, 1.54) is 22.3 Å². The molecule has 1 aliphatic heterocycles. The van der Waals surface area contributed by atoms with E-state index in [9.17, 15) is 0 Å². The standard InChI is InChI=1S/C16H17NO.ClH/c17-11-12-3-5-13(6-4-12)14-7-8-16-15(10-14)2-1-9-18-16;/h3-8,10H,1-2,9,11,17H2;1H. The van der Waals surface area contributed by atoms with Crippen LogP contribution in [0, 0.1) is 0 Å². The minimum atomic E-state index is 0. The largest absolute Gasteiger partial charge is 0.493 e. The molecular formula is C16H18ClNO. The maximum atomic E-state index is 5.63. The highest BCUT2D eigenvalue weighted by Crippen LogP contribution is 2.30. The Balaban J connectivity index is 0.00000133. The van der Waals surface area contributed by atoms with Gasteiger partial charge in [0, 0.05) is 6.54 Å². The third-order valence-corrected chi connectivity index (χ3v) is 3.43. The summed E-state index contributed by atoms with van der Waals surface area (Å²) in [5, 5.41) is 0. The summed E-state index contributed by atoms with van der Waals surface area (Å²) in [6.45, 7) is 1.44. The molecule has 3 rings (SSSR count). The SMILES string of the molecule is Cl.NCc1ccc(-c2ccc3c(c2)CCCO3)cc1. The van der Waals surface area contributed by atoms with E-state index >= 15 is 0 Å². The molecule has 1 aliphatic rings. The second-order valence-electron chi connectivity index (χ2n) is 4.68. The van der Waals surface area contributed by atoms with Gasteiger partial charge in [0.2, 0.25) is 0 Å². The number of nitrogens with two attached hydrogens (primary N) is 1. The molecule has 2 aromatic rings. The van der Waals surface area contributed by atoms with E-state index in [-0.39, 0.29) is 12.4 Å². The highest BCUT2D eigenvalue weighted by Gasteiger charge is 2.10. The molecule has 100 valence electrons. The van der Waals surface area contributed by atoms with Gasteiger partial charge < -0.3 is 10.5 Å². The maximum Gasteiger partial charge on any atom is 0.122 e. The van der Waals surface area contributed by atoms with E-state index in [0.717, 1.165) is 25.2 Å². The summed E-state index contributed by atoms with van der Waals surface area (Å²) >= 11 is 0. The quantitative estimate of drug-likeness (QED) is 0.910. The number of aryl methyl sites for hydroxylation is 1. The second-order valence-corrected chi connectivity index (χ2v) is 4.68. The molecule has 3 heteroatoms. The Labute approximate surface area is 120 Å². The van der Waals surface area contributed by atoms with Gasteiger partial charge in [0.05, 0.1) is 6.61 Å². The Bertz CT molecular complexity index is 551. The smallest absolute Gasteiger partial charge is 0.122 e. The van der Waals surface area contributed by atoms with Gasteiger partial charge >= 0.3 is 0 Å². The fourth-order valence-corrected chi connectivity index (χ4v) is 2.37. The maximum absolute atomic E-state index is 5.63. The van der Waals surface area contributed by atoms with Gasteiger partial charge in [-0.15, -0.1) is 12.4 Å². The van der Waals surface area contributed by atoms with Crippen molar-refractivity contribution < 1.29 is 4.74 Å². The van der Waals surface area contributed by atoms with E-state index in [2.05, 4.69) is 42.5 Å². The first-order chi connectivity index (χ1) is 8.86. The molecule has 2 aromatic carbocycles. The van der Waals surface area contributed by atoms with E-state index in [1.54, 1.807) is 0 Å². The lowest BCUT2D eigenvalue weighted by molar-refractivity contribution is 0.288. The number of hydrogen-bond donors (Lipinski definition) is 1. The van der Waals surface area contributed by atoms with Crippen molar-refractivity contribution in [3.8, 4) is 16.9 Å². The van der Waals surface area contributed by atoms with Gasteiger partial charge in [-0.05, 0) is 47.2 Å². The predicted octanol–water partition coefficient (Wildman–Crippen LogP) is 3.56. The van der Waals surface area contributed by atoms with Crippen LogP contribution in [0.5, 0.6) is 5.75 Å². The summed E-state index contributed by atoms with van der Waals surface area (Å²) in [7, 11) is 0. The van der Waals surface area contributed by atoms with Crippen molar-refractivity contribution in [2.24, 2.45) is 5.73 Å². The molecule has 0 aromatic heterocycles. The summed E-state index contributed by atoms with van der Waals surface area (Å²) in [6.07, 6.45) is 2.23. The molecule has 0 radical (unpaired) electrons. The van der Waals surface area contributed by atoms with Crippen LogP contribution in [0.4, 0.5) is 0 Å². The second kappa shape index (κ2) is 6.09. The first kappa shape index (κ1) is 13.9. The molecule has 2 nitrogen and oxygen atoms in total. The number of ether oxygens (including phenoxy) is 1. The Hall–Kier alpha value is -1.51. The third kappa shape index (κ3) is 2.91. The molecule has 0 saturated carbocycles. The lowest BCUT2D eigenvalue weighted by Gasteiger charge is -2.18. The van der Waals surface area contributed by atoms with Gasteiger partial charge in [0.1, 0.15) is 5.75 Å². The molecule has 0 amide bonds. The molecular weight excluding hydrogens is 258 g/mol. The summed E-state index contributed by atoms with van der Waals surface area (Å²) in [6, 6.07) is 14.9. The van der Waals surface area contributed by atoms with Gasteiger partial charge in [-0.3, -0.25) is 0 Å². The lowest BCUT2D eigenvalue weighted by atomic mass is 9.98. The summed E-state index contributed by atoms with van der Waals surface area (Å²) in [5.41, 5.74) is 10.6. The highest BCUT2D eigenvalue weighted by atomic mass is 35.5. The van der Waals surface area contributed by atoms with Gasteiger partial charge in [-0.1, -0.05) is 30.3 Å². The summed E-state index contributed by atoms with van der Waals surface area (Å²) in [5.74, 6) is 1.04. The van der Waals surface area contributed by atoms with Crippen molar-refractivity contribution in [3.63, 3.8) is 0 Å². The van der Waals surface area contributed by atoms with Crippen molar-refractivity contribution in [1.29, 1.82) is 0 Å². The Kier molecular flexibility index (Phi) is 4.46. The minimum absolute atomic E-state index is 0. The average molecular weight is 276 g/mol.